The second-order valence-electron chi connectivity index (χ2n) is 7.39. The summed E-state index contributed by atoms with van der Waals surface area (Å²) in [5.74, 6) is 0.390. The quantitative estimate of drug-likeness (QED) is 0.526. The molecule has 2 rings (SSSR count). The molecule has 0 fully saturated rings. The highest BCUT2D eigenvalue weighted by molar-refractivity contribution is 7.99. The summed E-state index contributed by atoms with van der Waals surface area (Å²) in [7, 11) is 0. The second kappa shape index (κ2) is 12.4. The highest BCUT2D eigenvalue weighted by Gasteiger charge is 2.26. The normalized spacial score (nSPS) is 11.7. The third-order valence-corrected chi connectivity index (χ3v) is 5.99. The van der Waals surface area contributed by atoms with Gasteiger partial charge in [-0.25, -0.2) is 4.39 Å². The van der Waals surface area contributed by atoms with Crippen molar-refractivity contribution >= 4 is 23.6 Å². The van der Waals surface area contributed by atoms with Crippen molar-refractivity contribution in [3.05, 3.63) is 71.0 Å². The Hall–Kier alpha value is -2.34. The molecule has 0 aliphatic carbocycles. The minimum atomic E-state index is -0.555. The van der Waals surface area contributed by atoms with Gasteiger partial charge < -0.3 is 10.2 Å². The Bertz CT molecular complexity index is 826. The summed E-state index contributed by atoms with van der Waals surface area (Å²) in [6.45, 7) is 6.87. The van der Waals surface area contributed by atoms with Crippen molar-refractivity contribution in [1.82, 2.24) is 10.2 Å². The van der Waals surface area contributed by atoms with Gasteiger partial charge in [-0.1, -0.05) is 49.7 Å². The van der Waals surface area contributed by atoms with Crippen molar-refractivity contribution in [2.75, 3.05) is 12.3 Å². The molecule has 0 aliphatic heterocycles. The maximum Gasteiger partial charge on any atom is 0.242 e. The Morgan fingerprint density at radius 1 is 1.13 bits per heavy atom. The molecule has 0 spiro atoms. The van der Waals surface area contributed by atoms with Gasteiger partial charge in [-0.15, -0.1) is 11.8 Å². The van der Waals surface area contributed by atoms with Gasteiger partial charge in [0.2, 0.25) is 11.8 Å². The fourth-order valence-electron chi connectivity index (χ4n) is 3.01. The Balaban J connectivity index is 2.04. The number of hydrogen-bond acceptors (Lipinski definition) is 3. The van der Waals surface area contributed by atoms with Crippen LogP contribution in [0.25, 0.3) is 0 Å². The van der Waals surface area contributed by atoms with Crippen molar-refractivity contribution in [2.45, 2.75) is 52.0 Å². The number of aryl methyl sites for hydroxylation is 1. The summed E-state index contributed by atoms with van der Waals surface area (Å²) >= 11 is 1.47. The summed E-state index contributed by atoms with van der Waals surface area (Å²) < 4.78 is 13.1. The van der Waals surface area contributed by atoms with Crippen LogP contribution in [0.15, 0.2) is 48.5 Å². The molecule has 0 aromatic heterocycles. The lowest BCUT2D eigenvalue weighted by molar-refractivity contribution is -0.138. The number of nitrogens with one attached hydrogen (secondary N) is 1. The molecule has 2 amide bonds. The average Bonchev–Trinajstić information content (AvgIpc) is 2.74. The molecule has 4 nitrogen and oxygen atoms in total. The maximum absolute atomic E-state index is 13.1. The van der Waals surface area contributed by atoms with Gasteiger partial charge >= 0.3 is 0 Å². The van der Waals surface area contributed by atoms with E-state index in [1.165, 1.54) is 23.9 Å². The van der Waals surface area contributed by atoms with Crippen LogP contribution in [0.1, 0.15) is 43.4 Å². The Kier molecular flexibility index (Phi) is 9.87. The summed E-state index contributed by atoms with van der Waals surface area (Å²) in [5, 5.41) is 2.93. The monoisotopic (exact) mass is 430 g/mol. The van der Waals surface area contributed by atoms with Crippen LogP contribution in [0, 0.1) is 12.7 Å². The van der Waals surface area contributed by atoms with E-state index < -0.39 is 6.04 Å². The molecule has 162 valence electrons. The molecular weight excluding hydrogens is 399 g/mol. The number of halogens is 1. The van der Waals surface area contributed by atoms with Crippen molar-refractivity contribution in [2.24, 2.45) is 0 Å². The Morgan fingerprint density at radius 3 is 2.50 bits per heavy atom. The van der Waals surface area contributed by atoms with Crippen LogP contribution >= 0.6 is 11.8 Å². The third-order valence-electron chi connectivity index (χ3n) is 5.01. The van der Waals surface area contributed by atoms with Crippen LogP contribution in [0.5, 0.6) is 0 Å². The fraction of sp³-hybridized carbons (Fsp3) is 0.417. The number of carbonyl (C=O) groups excluding carboxylic acids is 2. The zero-order chi connectivity index (χ0) is 21.9. The smallest absolute Gasteiger partial charge is 0.242 e. The lowest BCUT2D eigenvalue weighted by Crippen LogP contribution is -2.48. The zero-order valence-electron chi connectivity index (χ0n) is 18.0. The topological polar surface area (TPSA) is 49.4 Å². The van der Waals surface area contributed by atoms with Crippen LogP contribution in [0.4, 0.5) is 4.39 Å². The SMILES string of the molecule is CCCCNC(=O)[C@@H](C)N(Cc1ccccc1C)C(=O)CSCc1ccc(F)cc1. The van der Waals surface area contributed by atoms with E-state index in [-0.39, 0.29) is 23.4 Å². The van der Waals surface area contributed by atoms with Gasteiger partial charge in [0.1, 0.15) is 11.9 Å². The molecule has 2 aromatic rings. The van der Waals surface area contributed by atoms with Gasteiger partial charge in [0.25, 0.3) is 0 Å². The van der Waals surface area contributed by atoms with E-state index >= 15 is 0 Å². The minimum Gasteiger partial charge on any atom is -0.354 e. The maximum atomic E-state index is 13.1. The summed E-state index contributed by atoms with van der Waals surface area (Å²) in [6, 6.07) is 13.6. The van der Waals surface area contributed by atoms with Crippen LogP contribution in [0.3, 0.4) is 0 Å². The first-order valence-electron chi connectivity index (χ1n) is 10.4. The first-order chi connectivity index (χ1) is 14.4. The van der Waals surface area contributed by atoms with Crippen LogP contribution in [0.2, 0.25) is 0 Å². The Labute approximate surface area is 183 Å². The molecule has 2 aromatic carbocycles. The molecule has 0 unspecified atom stereocenters. The molecule has 6 heteroatoms. The van der Waals surface area contributed by atoms with Gasteiger partial charge in [-0.3, -0.25) is 9.59 Å². The van der Waals surface area contributed by atoms with E-state index in [1.54, 1.807) is 24.0 Å². The predicted molar refractivity (Wildman–Crippen MR) is 122 cm³/mol. The number of carbonyl (C=O) groups is 2. The molecule has 0 saturated carbocycles. The highest BCUT2D eigenvalue weighted by atomic mass is 32.2. The van der Waals surface area contributed by atoms with Gasteiger partial charge in [0.15, 0.2) is 0 Å². The summed E-state index contributed by atoms with van der Waals surface area (Å²) in [5.41, 5.74) is 3.08. The number of unbranched alkanes of at least 4 members (excludes halogenated alkanes) is 1. The van der Waals surface area contributed by atoms with Gasteiger partial charge in [-0.2, -0.15) is 0 Å². The first kappa shape index (κ1) is 23.9. The minimum absolute atomic E-state index is 0.0801. The number of rotatable bonds is 11. The zero-order valence-corrected chi connectivity index (χ0v) is 18.8. The van der Waals surface area contributed by atoms with Gasteiger partial charge in [0.05, 0.1) is 5.75 Å². The second-order valence-corrected chi connectivity index (χ2v) is 8.37. The van der Waals surface area contributed by atoms with E-state index in [2.05, 4.69) is 12.2 Å². The number of thioether (sulfide) groups is 1. The number of hydrogen-bond donors (Lipinski definition) is 1. The largest absolute Gasteiger partial charge is 0.354 e. The van der Waals surface area contributed by atoms with Crippen molar-refractivity contribution in [3.63, 3.8) is 0 Å². The predicted octanol–water partition coefficient (Wildman–Crippen LogP) is 4.70. The molecule has 0 radical (unpaired) electrons. The summed E-state index contributed by atoms with van der Waals surface area (Å²) in [6.07, 6.45) is 1.91. The van der Waals surface area contributed by atoms with E-state index in [4.69, 9.17) is 0 Å². The molecule has 0 bridgehead atoms. The third kappa shape index (κ3) is 7.48. The molecule has 0 heterocycles. The van der Waals surface area contributed by atoms with Crippen molar-refractivity contribution in [1.29, 1.82) is 0 Å². The number of nitrogens with zero attached hydrogens (tertiary/aromatic N) is 1. The molecular formula is C24H31FN2O2S. The van der Waals surface area contributed by atoms with E-state index in [1.807, 2.05) is 31.2 Å². The van der Waals surface area contributed by atoms with E-state index in [9.17, 15) is 14.0 Å². The van der Waals surface area contributed by atoms with Gasteiger partial charge in [0, 0.05) is 18.8 Å². The molecule has 0 aliphatic rings. The van der Waals surface area contributed by atoms with Crippen molar-refractivity contribution < 1.29 is 14.0 Å². The number of benzene rings is 2. The number of amides is 2. The molecule has 0 saturated heterocycles. The fourth-order valence-corrected chi connectivity index (χ4v) is 3.88. The average molecular weight is 431 g/mol. The van der Waals surface area contributed by atoms with Crippen molar-refractivity contribution in [3.8, 4) is 0 Å². The Morgan fingerprint density at radius 2 is 1.83 bits per heavy atom. The first-order valence-corrected chi connectivity index (χ1v) is 11.5. The lowest BCUT2D eigenvalue weighted by atomic mass is 10.1. The lowest BCUT2D eigenvalue weighted by Gasteiger charge is -2.29. The standard InChI is InChI=1S/C24H31FN2O2S/c1-4-5-14-26-24(29)19(3)27(15-21-9-7-6-8-18(21)2)23(28)17-30-16-20-10-12-22(25)13-11-20/h6-13,19H,4-5,14-17H2,1-3H3,(H,26,29)/t19-/m1/s1. The highest BCUT2D eigenvalue weighted by Crippen LogP contribution is 2.17. The van der Waals surface area contributed by atoms with E-state index in [0.717, 1.165) is 29.5 Å². The van der Waals surface area contributed by atoms with Crippen LogP contribution in [-0.2, 0) is 21.9 Å². The van der Waals surface area contributed by atoms with Crippen LogP contribution in [-0.4, -0.2) is 35.1 Å². The summed E-state index contributed by atoms with van der Waals surface area (Å²) in [4.78, 5) is 27.3. The molecule has 1 N–H and O–H groups in total. The molecule has 30 heavy (non-hydrogen) atoms. The van der Waals surface area contributed by atoms with E-state index in [0.29, 0.717) is 18.8 Å². The molecule has 1 atom stereocenters. The van der Waals surface area contributed by atoms with Gasteiger partial charge in [-0.05, 0) is 49.1 Å². The van der Waals surface area contributed by atoms with Crippen LogP contribution < -0.4 is 5.32 Å².